The Hall–Kier alpha value is -1.42. The Morgan fingerprint density at radius 2 is 1.84 bits per heavy atom. The molecule has 0 aromatic heterocycles. The molecule has 1 atom stereocenters. The first-order valence-corrected chi connectivity index (χ1v) is 11.3. The minimum atomic E-state index is 0. The number of hydrogen-bond donors (Lipinski definition) is 2. The second-order valence-corrected chi connectivity index (χ2v) is 8.47. The number of nitrogens with zero attached hydrogens (tertiary/aromatic N) is 3. The Labute approximate surface area is 205 Å². The maximum atomic E-state index is 5.43. The Morgan fingerprint density at radius 1 is 1.16 bits per heavy atom. The standard InChI is InChI=1S/C23H39N5O2.HI/c1-6-24-23(25-10-12-28(17(2)3)19-7-8-19)26-18-9-11-27(16-18)20-13-21(29-4)15-22(14-20)30-5;/h13-15,17-19H,6-12,16H2,1-5H3,(H2,24,25,26);1H. The predicted octanol–water partition coefficient (Wildman–Crippen LogP) is 3.33. The van der Waals surface area contributed by atoms with E-state index in [1.165, 1.54) is 12.8 Å². The molecular weight excluding hydrogens is 505 g/mol. The number of ether oxygens (including phenoxy) is 2. The summed E-state index contributed by atoms with van der Waals surface area (Å²) < 4.78 is 10.9. The van der Waals surface area contributed by atoms with Crippen LogP contribution in [0.2, 0.25) is 0 Å². The van der Waals surface area contributed by atoms with E-state index in [9.17, 15) is 0 Å². The van der Waals surface area contributed by atoms with Gasteiger partial charge >= 0.3 is 0 Å². The van der Waals surface area contributed by atoms with E-state index in [0.717, 1.165) is 68.3 Å². The van der Waals surface area contributed by atoms with Gasteiger partial charge in [-0.15, -0.1) is 24.0 Å². The van der Waals surface area contributed by atoms with E-state index in [0.29, 0.717) is 12.1 Å². The first-order valence-electron chi connectivity index (χ1n) is 11.3. The Bertz CT molecular complexity index is 687. The van der Waals surface area contributed by atoms with Crippen LogP contribution < -0.4 is 25.0 Å². The lowest BCUT2D eigenvalue weighted by Crippen LogP contribution is -2.45. The number of hydrogen-bond acceptors (Lipinski definition) is 5. The zero-order valence-electron chi connectivity index (χ0n) is 19.7. The van der Waals surface area contributed by atoms with Gasteiger partial charge < -0.3 is 25.0 Å². The van der Waals surface area contributed by atoms with E-state index in [4.69, 9.17) is 14.5 Å². The van der Waals surface area contributed by atoms with Gasteiger partial charge in [-0.05, 0) is 40.0 Å². The van der Waals surface area contributed by atoms with E-state index in [1.807, 2.05) is 6.07 Å². The van der Waals surface area contributed by atoms with Gasteiger partial charge in [-0.2, -0.15) is 0 Å². The van der Waals surface area contributed by atoms with Gasteiger partial charge in [-0.25, -0.2) is 0 Å². The summed E-state index contributed by atoms with van der Waals surface area (Å²) in [5.41, 5.74) is 1.13. The van der Waals surface area contributed by atoms with E-state index < -0.39 is 0 Å². The van der Waals surface area contributed by atoms with Crippen LogP contribution in [0.1, 0.15) is 40.0 Å². The molecule has 2 fully saturated rings. The highest BCUT2D eigenvalue weighted by molar-refractivity contribution is 14.0. The third-order valence-corrected chi connectivity index (χ3v) is 5.88. The van der Waals surface area contributed by atoms with Crippen LogP contribution in [0.25, 0.3) is 0 Å². The summed E-state index contributed by atoms with van der Waals surface area (Å²) >= 11 is 0. The highest BCUT2D eigenvalue weighted by atomic mass is 127. The lowest BCUT2D eigenvalue weighted by atomic mass is 10.2. The quantitative estimate of drug-likeness (QED) is 0.267. The lowest BCUT2D eigenvalue weighted by Gasteiger charge is -2.25. The summed E-state index contributed by atoms with van der Waals surface area (Å²) in [6.07, 6.45) is 3.75. The third kappa shape index (κ3) is 7.59. The minimum absolute atomic E-state index is 0. The van der Waals surface area contributed by atoms with Crippen molar-refractivity contribution < 1.29 is 9.47 Å². The molecule has 2 N–H and O–H groups in total. The Kier molecular flexibility index (Phi) is 10.5. The topological polar surface area (TPSA) is 61.4 Å². The van der Waals surface area contributed by atoms with Crippen LogP contribution in [0.15, 0.2) is 23.2 Å². The van der Waals surface area contributed by atoms with Gasteiger partial charge in [0.1, 0.15) is 11.5 Å². The summed E-state index contributed by atoms with van der Waals surface area (Å²) in [5.74, 6) is 2.56. The fourth-order valence-corrected chi connectivity index (χ4v) is 4.15. The molecule has 1 heterocycles. The molecule has 3 rings (SSSR count). The maximum Gasteiger partial charge on any atom is 0.191 e. The van der Waals surface area contributed by atoms with Crippen molar-refractivity contribution in [2.75, 3.05) is 51.8 Å². The summed E-state index contributed by atoms with van der Waals surface area (Å²) in [7, 11) is 3.38. The van der Waals surface area contributed by atoms with Crippen molar-refractivity contribution in [2.45, 2.75) is 58.2 Å². The number of anilines is 1. The van der Waals surface area contributed by atoms with E-state index >= 15 is 0 Å². The molecule has 1 saturated carbocycles. The average molecular weight is 546 g/mol. The van der Waals surface area contributed by atoms with Crippen molar-refractivity contribution in [3.05, 3.63) is 18.2 Å². The number of benzene rings is 1. The monoisotopic (exact) mass is 545 g/mol. The number of rotatable bonds is 10. The number of guanidine groups is 1. The highest BCUT2D eigenvalue weighted by Gasteiger charge is 2.30. The van der Waals surface area contributed by atoms with Crippen molar-refractivity contribution >= 4 is 35.6 Å². The van der Waals surface area contributed by atoms with Gasteiger partial charge in [0.25, 0.3) is 0 Å². The fourth-order valence-electron chi connectivity index (χ4n) is 4.15. The van der Waals surface area contributed by atoms with Crippen molar-refractivity contribution in [1.29, 1.82) is 0 Å². The minimum Gasteiger partial charge on any atom is -0.497 e. The second kappa shape index (κ2) is 12.6. The van der Waals surface area contributed by atoms with Crippen molar-refractivity contribution in [3.63, 3.8) is 0 Å². The first kappa shape index (κ1) is 25.8. The summed E-state index contributed by atoms with van der Waals surface area (Å²) in [6, 6.07) is 7.79. The number of nitrogens with one attached hydrogen (secondary N) is 2. The average Bonchev–Trinajstić information content (AvgIpc) is 3.47. The molecule has 8 heteroatoms. The van der Waals surface area contributed by atoms with Gasteiger partial charge in [0.2, 0.25) is 0 Å². The van der Waals surface area contributed by atoms with Crippen molar-refractivity contribution in [3.8, 4) is 11.5 Å². The fraction of sp³-hybridized carbons (Fsp3) is 0.696. The molecule has 1 aliphatic heterocycles. The molecule has 31 heavy (non-hydrogen) atoms. The molecule has 1 saturated heterocycles. The molecule has 1 aliphatic carbocycles. The molecular formula is C23H40IN5O2. The first-order chi connectivity index (χ1) is 14.5. The Balaban J connectivity index is 0.00000341. The second-order valence-electron chi connectivity index (χ2n) is 8.47. The SMILES string of the molecule is CCNC(=NCCN(C(C)C)C1CC1)NC1CCN(c2cc(OC)cc(OC)c2)C1.I. The molecule has 0 amide bonds. The van der Waals surface area contributed by atoms with Crippen LogP contribution in [0.4, 0.5) is 5.69 Å². The highest BCUT2D eigenvalue weighted by Crippen LogP contribution is 2.30. The normalized spacial score (nSPS) is 18.9. The van der Waals surface area contributed by atoms with Crippen LogP contribution in [0.5, 0.6) is 11.5 Å². The van der Waals surface area contributed by atoms with Crippen LogP contribution in [-0.4, -0.2) is 75.9 Å². The summed E-state index contributed by atoms with van der Waals surface area (Å²) in [6.45, 7) is 11.3. The molecule has 0 radical (unpaired) electrons. The predicted molar refractivity (Wildman–Crippen MR) is 140 cm³/mol. The molecule has 0 spiro atoms. The molecule has 0 bridgehead atoms. The number of methoxy groups -OCH3 is 2. The molecule has 7 nitrogen and oxygen atoms in total. The summed E-state index contributed by atoms with van der Waals surface area (Å²) in [4.78, 5) is 9.81. The van der Waals surface area contributed by atoms with Gasteiger partial charge in [0.05, 0.1) is 20.8 Å². The van der Waals surface area contributed by atoms with E-state index in [1.54, 1.807) is 14.2 Å². The lowest BCUT2D eigenvalue weighted by molar-refractivity contribution is 0.218. The van der Waals surface area contributed by atoms with E-state index in [-0.39, 0.29) is 24.0 Å². The molecule has 1 aromatic carbocycles. The van der Waals surface area contributed by atoms with Crippen LogP contribution in [0.3, 0.4) is 0 Å². The molecule has 176 valence electrons. The smallest absolute Gasteiger partial charge is 0.191 e. The Morgan fingerprint density at radius 3 is 2.39 bits per heavy atom. The zero-order chi connectivity index (χ0) is 21.5. The maximum absolute atomic E-state index is 5.43. The van der Waals surface area contributed by atoms with Crippen LogP contribution in [-0.2, 0) is 0 Å². The number of aliphatic imine (C=N–C) groups is 1. The third-order valence-electron chi connectivity index (χ3n) is 5.88. The van der Waals surface area contributed by atoms with E-state index in [2.05, 4.69) is 53.3 Å². The van der Waals surface area contributed by atoms with Gasteiger partial charge in [0.15, 0.2) is 5.96 Å². The van der Waals surface area contributed by atoms with Gasteiger partial charge in [0, 0.05) is 68.2 Å². The van der Waals surface area contributed by atoms with Crippen LogP contribution in [0, 0.1) is 0 Å². The van der Waals surface area contributed by atoms with Crippen molar-refractivity contribution in [1.82, 2.24) is 15.5 Å². The van der Waals surface area contributed by atoms with Crippen LogP contribution >= 0.6 is 24.0 Å². The molecule has 2 aliphatic rings. The van der Waals surface area contributed by atoms with Gasteiger partial charge in [-0.1, -0.05) is 0 Å². The molecule has 1 aromatic rings. The largest absolute Gasteiger partial charge is 0.497 e. The van der Waals surface area contributed by atoms with Crippen molar-refractivity contribution in [2.24, 2.45) is 4.99 Å². The summed E-state index contributed by atoms with van der Waals surface area (Å²) in [5, 5.41) is 7.05. The van der Waals surface area contributed by atoms with Gasteiger partial charge in [-0.3, -0.25) is 9.89 Å². The molecule has 1 unspecified atom stereocenters. The number of halogens is 1. The zero-order valence-corrected chi connectivity index (χ0v) is 22.0.